The number of hydrogen-bond acceptors (Lipinski definition) is 2. The van der Waals surface area contributed by atoms with Gasteiger partial charge < -0.3 is 10.6 Å². The van der Waals surface area contributed by atoms with Gasteiger partial charge in [0.25, 0.3) is 5.91 Å². The van der Waals surface area contributed by atoms with Crippen molar-refractivity contribution in [1.82, 2.24) is 0 Å². The number of halogens is 3. The molecule has 0 atom stereocenters. The van der Waals surface area contributed by atoms with Crippen LogP contribution in [0.3, 0.4) is 0 Å². The molecule has 26 heavy (non-hydrogen) atoms. The number of nitrogens with one attached hydrogen (secondary N) is 2. The third kappa shape index (κ3) is 3.85. The summed E-state index contributed by atoms with van der Waals surface area (Å²) < 4.78 is 25.5. The average Bonchev–Trinajstić information content (AvgIpc) is 3.08. The van der Waals surface area contributed by atoms with E-state index in [1.165, 1.54) is 18.2 Å². The number of amides is 2. The lowest BCUT2D eigenvalue weighted by molar-refractivity contribution is -0.116. The van der Waals surface area contributed by atoms with Gasteiger partial charge in [-0.2, -0.15) is 0 Å². The fourth-order valence-corrected chi connectivity index (χ4v) is 3.29. The Morgan fingerprint density at radius 3 is 2.58 bits per heavy atom. The van der Waals surface area contributed by atoms with Crippen LogP contribution in [0.2, 0.25) is 5.02 Å². The predicted molar refractivity (Wildman–Crippen MR) is 97.1 cm³/mol. The summed E-state index contributed by atoms with van der Waals surface area (Å²) in [6.45, 7) is -0.714. The van der Waals surface area contributed by atoms with Gasteiger partial charge >= 0.3 is 0 Å². The number of anilines is 2. The first kappa shape index (κ1) is 18.3. The number of alkyl halides is 1. The molecular weight excluding hydrogens is 362 g/mol. The first-order valence-electron chi connectivity index (χ1n) is 8.26. The zero-order valence-electron chi connectivity index (χ0n) is 13.9. The summed E-state index contributed by atoms with van der Waals surface area (Å²) in [6.07, 6.45) is 2.13. The molecule has 4 nitrogen and oxygen atoms in total. The van der Waals surface area contributed by atoms with Crippen molar-refractivity contribution in [3.63, 3.8) is 0 Å². The molecule has 0 aliphatic heterocycles. The topological polar surface area (TPSA) is 58.2 Å². The smallest absolute Gasteiger partial charge is 0.255 e. The van der Waals surface area contributed by atoms with Gasteiger partial charge in [-0.25, -0.2) is 4.39 Å². The molecule has 0 heterocycles. The Labute approximate surface area is 154 Å². The van der Waals surface area contributed by atoms with E-state index in [2.05, 4.69) is 10.6 Å². The summed E-state index contributed by atoms with van der Waals surface area (Å²) in [6, 6.07) is 7.26. The lowest BCUT2D eigenvalue weighted by Crippen LogP contribution is -2.17. The SMILES string of the molecule is O=C(CCF)Nc1ccc(C(=O)Nc2ccc(F)c(Cl)c2)c2c1CCC2. The van der Waals surface area contributed by atoms with Crippen LogP contribution in [0.1, 0.15) is 34.3 Å². The second kappa shape index (κ2) is 7.83. The molecule has 0 fully saturated rings. The van der Waals surface area contributed by atoms with Crippen LogP contribution >= 0.6 is 11.6 Å². The molecule has 0 saturated heterocycles. The van der Waals surface area contributed by atoms with Crippen molar-refractivity contribution >= 4 is 34.8 Å². The van der Waals surface area contributed by atoms with Crippen LogP contribution in [0.15, 0.2) is 30.3 Å². The minimum atomic E-state index is -0.714. The van der Waals surface area contributed by atoms with E-state index < -0.39 is 12.5 Å². The predicted octanol–water partition coefficient (Wildman–Crippen LogP) is 4.52. The van der Waals surface area contributed by atoms with E-state index in [0.29, 0.717) is 16.9 Å². The van der Waals surface area contributed by atoms with Crippen LogP contribution in [0.5, 0.6) is 0 Å². The Hall–Kier alpha value is -2.47. The Bertz CT molecular complexity index is 871. The maximum Gasteiger partial charge on any atom is 0.255 e. The van der Waals surface area contributed by atoms with Crippen LogP contribution < -0.4 is 10.6 Å². The van der Waals surface area contributed by atoms with Crippen molar-refractivity contribution in [2.45, 2.75) is 25.7 Å². The monoisotopic (exact) mass is 378 g/mol. The molecule has 0 radical (unpaired) electrons. The highest BCUT2D eigenvalue weighted by atomic mass is 35.5. The molecule has 7 heteroatoms. The molecule has 2 N–H and O–H groups in total. The zero-order chi connectivity index (χ0) is 18.7. The lowest BCUT2D eigenvalue weighted by atomic mass is 10.0. The van der Waals surface area contributed by atoms with Gasteiger partial charge in [0.15, 0.2) is 0 Å². The number of carbonyl (C=O) groups excluding carboxylic acids is 2. The van der Waals surface area contributed by atoms with Crippen molar-refractivity contribution in [1.29, 1.82) is 0 Å². The standard InChI is InChI=1S/C19H17ClF2N2O2/c20-15-10-11(4-6-16(15)22)23-19(26)14-5-7-17(24-18(25)8-9-21)13-3-1-2-12(13)14/h4-7,10H,1-3,8-9H2,(H,23,26)(H,24,25). The van der Waals surface area contributed by atoms with Gasteiger partial charge in [-0.05, 0) is 60.7 Å². The summed E-state index contributed by atoms with van der Waals surface area (Å²) in [5, 5.41) is 5.34. The van der Waals surface area contributed by atoms with Gasteiger partial charge in [-0.1, -0.05) is 11.6 Å². The van der Waals surface area contributed by atoms with Gasteiger partial charge in [-0.3, -0.25) is 14.0 Å². The molecular formula is C19H17ClF2N2O2. The Morgan fingerprint density at radius 1 is 1.08 bits per heavy atom. The molecule has 0 saturated carbocycles. The number of fused-ring (bicyclic) bond motifs is 1. The Balaban J connectivity index is 1.84. The fraction of sp³-hybridized carbons (Fsp3) is 0.263. The van der Waals surface area contributed by atoms with E-state index in [9.17, 15) is 18.4 Å². The first-order chi connectivity index (χ1) is 12.5. The van der Waals surface area contributed by atoms with Gasteiger partial charge in [0.2, 0.25) is 5.91 Å². The van der Waals surface area contributed by atoms with Gasteiger partial charge in [0.05, 0.1) is 18.1 Å². The van der Waals surface area contributed by atoms with Gasteiger partial charge in [-0.15, -0.1) is 0 Å². The lowest BCUT2D eigenvalue weighted by Gasteiger charge is -2.14. The summed E-state index contributed by atoms with van der Waals surface area (Å²) >= 11 is 5.74. The number of benzene rings is 2. The van der Waals surface area contributed by atoms with Crippen molar-refractivity contribution in [2.75, 3.05) is 17.3 Å². The third-order valence-corrected chi connectivity index (χ3v) is 4.59. The van der Waals surface area contributed by atoms with E-state index >= 15 is 0 Å². The molecule has 2 aromatic rings. The average molecular weight is 379 g/mol. The van der Waals surface area contributed by atoms with Crippen LogP contribution in [0.25, 0.3) is 0 Å². The van der Waals surface area contributed by atoms with Crippen molar-refractivity contribution in [2.24, 2.45) is 0 Å². The third-order valence-electron chi connectivity index (χ3n) is 4.30. The molecule has 0 spiro atoms. The number of hydrogen-bond donors (Lipinski definition) is 2. The largest absolute Gasteiger partial charge is 0.326 e. The van der Waals surface area contributed by atoms with Gasteiger partial charge in [0, 0.05) is 16.9 Å². The second-order valence-corrected chi connectivity index (χ2v) is 6.45. The summed E-state index contributed by atoms with van der Waals surface area (Å²) in [5.74, 6) is -1.27. The van der Waals surface area contributed by atoms with Crippen molar-refractivity contribution in [3.8, 4) is 0 Å². The molecule has 0 bridgehead atoms. The summed E-state index contributed by atoms with van der Waals surface area (Å²) in [5.41, 5.74) is 3.29. The number of rotatable bonds is 5. The first-order valence-corrected chi connectivity index (χ1v) is 8.64. The maximum atomic E-state index is 13.2. The molecule has 136 valence electrons. The summed E-state index contributed by atoms with van der Waals surface area (Å²) in [4.78, 5) is 24.3. The normalized spacial score (nSPS) is 12.6. The van der Waals surface area contributed by atoms with Gasteiger partial charge in [0.1, 0.15) is 5.82 Å². The number of carbonyl (C=O) groups is 2. The molecule has 0 aromatic heterocycles. The highest BCUT2D eigenvalue weighted by Crippen LogP contribution is 2.32. The molecule has 3 rings (SSSR count). The zero-order valence-corrected chi connectivity index (χ0v) is 14.6. The van der Waals surface area contributed by atoms with Crippen molar-refractivity contribution in [3.05, 3.63) is 57.9 Å². The maximum absolute atomic E-state index is 13.2. The van der Waals surface area contributed by atoms with Crippen LogP contribution in [0.4, 0.5) is 20.2 Å². The highest BCUT2D eigenvalue weighted by Gasteiger charge is 2.23. The van der Waals surface area contributed by atoms with E-state index in [0.717, 1.165) is 30.4 Å². The van der Waals surface area contributed by atoms with Crippen LogP contribution in [-0.4, -0.2) is 18.5 Å². The summed E-state index contributed by atoms with van der Waals surface area (Å²) in [7, 11) is 0. The van der Waals surface area contributed by atoms with Crippen LogP contribution in [0, 0.1) is 5.82 Å². The second-order valence-electron chi connectivity index (χ2n) is 6.04. The molecule has 2 aromatic carbocycles. The van der Waals surface area contributed by atoms with E-state index in [-0.39, 0.29) is 23.3 Å². The quantitative estimate of drug-likeness (QED) is 0.803. The molecule has 1 aliphatic rings. The Morgan fingerprint density at radius 2 is 1.85 bits per heavy atom. The van der Waals surface area contributed by atoms with Crippen LogP contribution in [-0.2, 0) is 17.6 Å². The van der Waals surface area contributed by atoms with E-state index in [1.54, 1.807) is 12.1 Å². The molecule has 0 unspecified atom stereocenters. The molecule has 2 amide bonds. The molecule has 1 aliphatic carbocycles. The van der Waals surface area contributed by atoms with E-state index in [1.807, 2.05) is 0 Å². The Kier molecular flexibility index (Phi) is 5.52. The fourth-order valence-electron chi connectivity index (χ4n) is 3.11. The highest BCUT2D eigenvalue weighted by molar-refractivity contribution is 6.31. The van der Waals surface area contributed by atoms with Crippen molar-refractivity contribution < 1.29 is 18.4 Å². The van der Waals surface area contributed by atoms with E-state index in [4.69, 9.17) is 11.6 Å². The minimum absolute atomic E-state index is 0.0704. The minimum Gasteiger partial charge on any atom is -0.326 e.